The SMILES string of the molecule is OCCCCC/C=C\C#CC(O)COc1ccccc1. The quantitative estimate of drug-likeness (QED) is 0.566. The van der Waals surface area contributed by atoms with Gasteiger partial charge in [0.25, 0.3) is 0 Å². The third-order valence-corrected chi connectivity index (χ3v) is 2.63. The molecule has 3 nitrogen and oxygen atoms in total. The average Bonchev–Trinajstić information content (AvgIpc) is 2.49. The number of rotatable bonds is 8. The molecule has 0 fully saturated rings. The first kappa shape index (κ1) is 16.3. The molecule has 0 saturated carbocycles. The predicted molar refractivity (Wildman–Crippen MR) is 80.4 cm³/mol. The lowest BCUT2D eigenvalue weighted by Crippen LogP contribution is -2.14. The van der Waals surface area contributed by atoms with E-state index in [9.17, 15) is 5.11 Å². The van der Waals surface area contributed by atoms with Crippen molar-refractivity contribution >= 4 is 0 Å². The summed E-state index contributed by atoms with van der Waals surface area (Å²) in [7, 11) is 0. The van der Waals surface area contributed by atoms with E-state index < -0.39 is 6.10 Å². The maximum Gasteiger partial charge on any atom is 0.148 e. The van der Waals surface area contributed by atoms with Gasteiger partial charge < -0.3 is 14.9 Å². The molecule has 2 N–H and O–H groups in total. The molecule has 0 spiro atoms. The Labute approximate surface area is 120 Å². The molecule has 1 aromatic carbocycles. The Balaban J connectivity index is 2.14. The number of hydrogen-bond acceptors (Lipinski definition) is 3. The lowest BCUT2D eigenvalue weighted by Gasteiger charge is -2.06. The number of aliphatic hydroxyl groups is 2. The van der Waals surface area contributed by atoms with Gasteiger partial charge in [-0.1, -0.05) is 42.5 Å². The van der Waals surface area contributed by atoms with E-state index in [-0.39, 0.29) is 13.2 Å². The molecule has 0 aromatic heterocycles. The van der Waals surface area contributed by atoms with Gasteiger partial charge in [0.05, 0.1) is 0 Å². The van der Waals surface area contributed by atoms with Gasteiger partial charge in [0.2, 0.25) is 0 Å². The number of aliphatic hydroxyl groups excluding tert-OH is 2. The fraction of sp³-hybridized carbons (Fsp3) is 0.412. The second-order valence-corrected chi connectivity index (χ2v) is 4.40. The van der Waals surface area contributed by atoms with Crippen LogP contribution in [0.15, 0.2) is 42.5 Å². The van der Waals surface area contributed by atoms with Crippen LogP contribution >= 0.6 is 0 Å². The Hall–Kier alpha value is -1.76. The Morgan fingerprint density at radius 3 is 2.70 bits per heavy atom. The van der Waals surface area contributed by atoms with Crippen molar-refractivity contribution in [2.75, 3.05) is 13.2 Å². The van der Waals surface area contributed by atoms with E-state index in [1.807, 2.05) is 36.4 Å². The molecule has 1 aromatic rings. The molecule has 0 aliphatic rings. The molecule has 1 atom stereocenters. The van der Waals surface area contributed by atoms with Gasteiger partial charge >= 0.3 is 0 Å². The number of unbranched alkanes of at least 4 members (excludes halogenated alkanes) is 3. The molecule has 0 saturated heterocycles. The highest BCUT2D eigenvalue weighted by atomic mass is 16.5. The molecular weight excluding hydrogens is 252 g/mol. The summed E-state index contributed by atoms with van der Waals surface area (Å²) >= 11 is 0. The monoisotopic (exact) mass is 274 g/mol. The van der Waals surface area contributed by atoms with Crippen LogP contribution in [0.5, 0.6) is 5.75 Å². The Morgan fingerprint density at radius 2 is 1.95 bits per heavy atom. The largest absolute Gasteiger partial charge is 0.490 e. The highest BCUT2D eigenvalue weighted by Gasteiger charge is 1.99. The molecule has 1 rings (SSSR count). The molecule has 1 unspecified atom stereocenters. The summed E-state index contributed by atoms with van der Waals surface area (Å²) in [6.07, 6.45) is 6.84. The first-order chi connectivity index (χ1) is 9.83. The van der Waals surface area contributed by atoms with Crippen molar-refractivity contribution < 1.29 is 14.9 Å². The van der Waals surface area contributed by atoms with Gasteiger partial charge in [0.1, 0.15) is 18.5 Å². The van der Waals surface area contributed by atoms with Gasteiger partial charge in [-0.3, -0.25) is 0 Å². The van der Waals surface area contributed by atoms with E-state index in [2.05, 4.69) is 11.8 Å². The molecule has 3 heteroatoms. The molecule has 0 heterocycles. The third-order valence-electron chi connectivity index (χ3n) is 2.63. The van der Waals surface area contributed by atoms with Crippen LogP contribution in [-0.2, 0) is 0 Å². The van der Waals surface area contributed by atoms with Crippen molar-refractivity contribution in [2.45, 2.75) is 31.8 Å². The number of hydrogen-bond donors (Lipinski definition) is 2. The number of para-hydroxylation sites is 1. The number of ether oxygens (including phenoxy) is 1. The zero-order chi connectivity index (χ0) is 14.5. The van der Waals surface area contributed by atoms with E-state index in [4.69, 9.17) is 9.84 Å². The third kappa shape index (κ3) is 8.36. The Kier molecular flexibility index (Phi) is 9.04. The standard InChI is InChI=1S/C17H22O3/c18-14-10-5-3-1-2-4-7-11-16(19)15-20-17-12-8-6-9-13-17/h2,4,6,8-9,12-13,16,18-19H,1,3,5,10,14-15H2/b4-2-. The van der Waals surface area contributed by atoms with Crippen molar-refractivity contribution in [1.29, 1.82) is 0 Å². The van der Waals surface area contributed by atoms with Crippen LogP contribution in [-0.4, -0.2) is 29.5 Å². The summed E-state index contributed by atoms with van der Waals surface area (Å²) in [6.45, 7) is 0.429. The highest BCUT2D eigenvalue weighted by molar-refractivity contribution is 5.22. The Bertz CT molecular complexity index is 429. The summed E-state index contributed by atoms with van der Waals surface area (Å²) in [6, 6.07) is 9.35. The van der Waals surface area contributed by atoms with Crippen LogP contribution in [0.2, 0.25) is 0 Å². The van der Waals surface area contributed by atoms with Gasteiger partial charge in [-0.2, -0.15) is 0 Å². The molecule has 0 aliphatic heterocycles. The van der Waals surface area contributed by atoms with E-state index in [1.165, 1.54) is 0 Å². The van der Waals surface area contributed by atoms with Gasteiger partial charge in [-0.25, -0.2) is 0 Å². The fourth-order valence-electron chi connectivity index (χ4n) is 1.57. The maximum absolute atomic E-state index is 9.62. The van der Waals surface area contributed by atoms with Crippen molar-refractivity contribution in [3.8, 4) is 17.6 Å². The van der Waals surface area contributed by atoms with Crippen LogP contribution in [0.1, 0.15) is 25.7 Å². The number of allylic oxidation sites excluding steroid dienone is 2. The van der Waals surface area contributed by atoms with Crippen LogP contribution < -0.4 is 4.74 Å². The van der Waals surface area contributed by atoms with E-state index >= 15 is 0 Å². The topological polar surface area (TPSA) is 49.7 Å². The second kappa shape index (κ2) is 11.1. The van der Waals surface area contributed by atoms with Crippen molar-refractivity contribution in [3.63, 3.8) is 0 Å². The lowest BCUT2D eigenvalue weighted by atomic mass is 10.2. The van der Waals surface area contributed by atoms with Crippen molar-refractivity contribution in [3.05, 3.63) is 42.5 Å². The molecule has 20 heavy (non-hydrogen) atoms. The minimum absolute atomic E-state index is 0.168. The minimum atomic E-state index is -0.783. The summed E-state index contributed by atoms with van der Waals surface area (Å²) in [5, 5.41) is 18.2. The molecule has 0 bridgehead atoms. The minimum Gasteiger partial charge on any atom is -0.490 e. The maximum atomic E-state index is 9.62. The zero-order valence-corrected chi connectivity index (χ0v) is 11.7. The van der Waals surface area contributed by atoms with Crippen molar-refractivity contribution in [2.24, 2.45) is 0 Å². The normalized spacial score (nSPS) is 11.9. The molecular formula is C17H22O3. The second-order valence-electron chi connectivity index (χ2n) is 4.40. The first-order valence-corrected chi connectivity index (χ1v) is 6.96. The van der Waals surface area contributed by atoms with E-state index in [0.717, 1.165) is 31.4 Å². The van der Waals surface area contributed by atoms with Crippen LogP contribution in [0.4, 0.5) is 0 Å². The number of benzene rings is 1. The predicted octanol–water partition coefficient (Wildman–Crippen LogP) is 2.54. The van der Waals surface area contributed by atoms with Gasteiger partial charge in [-0.05, 0) is 37.5 Å². The highest BCUT2D eigenvalue weighted by Crippen LogP contribution is 2.08. The van der Waals surface area contributed by atoms with E-state index in [1.54, 1.807) is 6.08 Å². The van der Waals surface area contributed by atoms with Gasteiger partial charge in [-0.15, -0.1) is 0 Å². The molecule has 108 valence electrons. The smallest absolute Gasteiger partial charge is 0.148 e. The Morgan fingerprint density at radius 1 is 1.15 bits per heavy atom. The van der Waals surface area contributed by atoms with E-state index in [0.29, 0.717) is 0 Å². The van der Waals surface area contributed by atoms with Crippen molar-refractivity contribution in [1.82, 2.24) is 0 Å². The first-order valence-electron chi connectivity index (χ1n) is 6.96. The summed E-state index contributed by atoms with van der Waals surface area (Å²) in [5.41, 5.74) is 0. The fourth-order valence-corrected chi connectivity index (χ4v) is 1.57. The lowest BCUT2D eigenvalue weighted by molar-refractivity contribution is 0.151. The molecule has 0 amide bonds. The van der Waals surface area contributed by atoms with Crippen LogP contribution in [0.25, 0.3) is 0 Å². The summed E-state index contributed by atoms with van der Waals surface area (Å²) < 4.78 is 5.39. The zero-order valence-electron chi connectivity index (χ0n) is 11.7. The summed E-state index contributed by atoms with van der Waals surface area (Å²) in [5.74, 6) is 6.24. The average molecular weight is 274 g/mol. The van der Waals surface area contributed by atoms with Gasteiger partial charge in [0.15, 0.2) is 0 Å². The molecule has 0 aliphatic carbocycles. The van der Waals surface area contributed by atoms with Crippen LogP contribution in [0.3, 0.4) is 0 Å². The molecule has 0 radical (unpaired) electrons. The van der Waals surface area contributed by atoms with Gasteiger partial charge in [0, 0.05) is 6.61 Å². The summed E-state index contributed by atoms with van der Waals surface area (Å²) in [4.78, 5) is 0. The van der Waals surface area contributed by atoms with Crippen LogP contribution in [0, 0.1) is 11.8 Å².